The van der Waals surface area contributed by atoms with Gasteiger partial charge in [0.25, 0.3) is 5.91 Å². The average molecular weight is 444 g/mol. The van der Waals surface area contributed by atoms with Crippen molar-refractivity contribution in [3.63, 3.8) is 0 Å². The summed E-state index contributed by atoms with van der Waals surface area (Å²) in [5.41, 5.74) is 1.28. The third-order valence-corrected chi connectivity index (χ3v) is 4.70. The summed E-state index contributed by atoms with van der Waals surface area (Å²) < 4.78 is 24.3. The molecular formula is C26H21FN2O4. The van der Waals surface area contributed by atoms with E-state index in [-0.39, 0.29) is 22.6 Å². The van der Waals surface area contributed by atoms with Gasteiger partial charge in [0.2, 0.25) is 0 Å². The van der Waals surface area contributed by atoms with Gasteiger partial charge in [0, 0.05) is 6.54 Å². The highest BCUT2D eigenvalue weighted by Gasteiger charge is 2.16. The van der Waals surface area contributed by atoms with Crippen molar-refractivity contribution < 1.29 is 23.5 Å². The van der Waals surface area contributed by atoms with Crippen LogP contribution >= 0.6 is 0 Å². The second-order valence-electron chi connectivity index (χ2n) is 6.94. The third-order valence-electron chi connectivity index (χ3n) is 4.70. The Morgan fingerprint density at radius 2 is 1.76 bits per heavy atom. The van der Waals surface area contributed by atoms with Crippen LogP contribution in [0, 0.1) is 17.1 Å². The Morgan fingerprint density at radius 3 is 2.45 bits per heavy atom. The van der Waals surface area contributed by atoms with Gasteiger partial charge in [0.15, 0.2) is 11.5 Å². The van der Waals surface area contributed by atoms with Crippen molar-refractivity contribution >= 4 is 18.0 Å². The van der Waals surface area contributed by atoms with Crippen molar-refractivity contribution in [1.82, 2.24) is 5.32 Å². The number of hydrogen-bond donors (Lipinski definition) is 1. The molecule has 0 heterocycles. The lowest BCUT2D eigenvalue weighted by Crippen LogP contribution is -2.26. The van der Waals surface area contributed by atoms with E-state index in [0.717, 1.165) is 11.6 Å². The fourth-order valence-electron chi connectivity index (χ4n) is 3.02. The molecule has 0 unspecified atom stereocenters. The Balaban J connectivity index is 1.70. The maximum absolute atomic E-state index is 13.8. The number of nitrogens with one attached hydrogen (secondary N) is 1. The fraction of sp³-hybridized carbons (Fsp3) is 0.115. The average Bonchev–Trinajstić information content (AvgIpc) is 2.84. The molecule has 3 aromatic rings. The number of rotatable bonds is 8. The minimum atomic E-state index is -0.870. The van der Waals surface area contributed by atoms with Gasteiger partial charge in [-0.05, 0) is 47.9 Å². The largest absolute Gasteiger partial charge is 0.493 e. The molecule has 0 radical (unpaired) electrons. The van der Waals surface area contributed by atoms with Gasteiger partial charge in [0.05, 0.1) is 12.7 Å². The Bertz CT molecular complexity index is 1220. The first-order valence-corrected chi connectivity index (χ1v) is 10.1. The van der Waals surface area contributed by atoms with Gasteiger partial charge in [-0.1, -0.05) is 48.5 Å². The van der Waals surface area contributed by atoms with Gasteiger partial charge in [-0.25, -0.2) is 9.18 Å². The third kappa shape index (κ3) is 6.28. The summed E-state index contributed by atoms with van der Waals surface area (Å²) in [5.74, 6) is -1.80. The highest BCUT2D eigenvalue weighted by Crippen LogP contribution is 2.30. The summed E-state index contributed by atoms with van der Waals surface area (Å²) in [6.45, 7) is 0.385. The number of halogens is 1. The first kappa shape index (κ1) is 23.2. The quantitative estimate of drug-likeness (QED) is 0.242. The van der Waals surface area contributed by atoms with Crippen molar-refractivity contribution in [2.75, 3.05) is 13.7 Å². The maximum atomic E-state index is 13.8. The van der Waals surface area contributed by atoms with Crippen LogP contribution in [0.15, 0.2) is 78.4 Å². The molecule has 0 fully saturated rings. The Labute approximate surface area is 190 Å². The molecular weight excluding hydrogens is 423 g/mol. The van der Waals surface area contributed by atoms with Gasteiger partial charge in [-0.2, -0.15) is 5.26 Å². The lowest BCUT2D eigenvalue weighted by atomic mass is 10.1. The van der Waals surface area contributed by atoms with E-state index in [9.17, 15) is 19.2 Å². The zero-order valence-electron chi connectivity index (χ0n) is 17.9. The van der Waals surface area contributed by atoms with Crippen LogP contribution in [0.3, 0.4) is 0 Å². The number of esters is 1. The number of methoxy groups -OCH3 is 1. The normalized spacial score (nSPS) is 10.8. The van der Waals surface area contributed by atoms with Crippen LogP contribution < -0.4 is 14.8 Å². The number of benzene rings is 3. The Morgan fingerprint density at radius 1 is 1.03 bits per heavy atom. The smallest absolute Gasteiger partial charge is 0.346 e. The molecule has 0 atom stereocenters. The van der Waals surface area contributed by atoms with Gasteiger partial charge in [-0.3, -0.25) is 4.79 Å². The molecule has 0 saturated carbocycles. The SMILES string of the molecule is COc1cc(/C=C(\C#N)C(=O)NCCc2ccccc2)ccc1OC(=O)c1ccccc1F. The van der Waals surface area contributed by atoms with E-state index in [1.54, 1.807) is 6.07 Å². The molecule has 0 aliphatic rings. The molecule has 3 rings (SSSR count). The van der Waals surface area contributed by atoms with Crippen LogP contribution in [-0.4, -0.2) is 25.5 Å². The molecule has 0 spiro atoms. The molecule has 0 bridgehead atoms. The molecule has 166 valence electrons. The summed E-state index contributed by atoms with van der Waals surface area (Å²) >= 11 is 0. The molecule has 1 amide bonds. The fourth-order valence-corrected chi connectivity index (χ4v) is 3.02. The molecule has 0 aromatic heterocycles. The highest BCUT2D eigenvalue weighted by atomic mass is 19.1. The topological polar surface area (TPSA) is 88.4 Å². The lowest BCUT2D eigenvalue weighted by Gasteiger charge is -2.10. The number of carbonyl (C=O) groups is 2. The monoisotopic (exact) mass is 444 g/mol. The van der Waals surface area contributed by atoms with Crippen LogP contribution in [0.5, 0.6) is 11.5 Å². The standard InChI is InChI=1S/C26H21FN2O4/c1-32-24-16-19(11-12-23(24)33-26(31)21-9-5-6-10-22(21)27)15-20(17-28)25(30)29-14-13-18-7-3-2-4-8-18/h2-12,15-16H,13-14H2,1H3,(H,29,30)/b20-15+. The number of nitriles is 1. The Hall–Kier alpha value is -4.44. The van der Waals surface area contributed by atoms with E-state index in [2.05, 4.69) is 5.32 Å². The van der Waals surface area contributed by atoms with Crippen LogP contribution in [-0.2, 0) is 11.2 Å². The van der Waals surface area contributed by atoms with E-state index in [4.69, 9.17) is 9.47 Å². The molecule has 6 nitrogen and oxygen atoms in total. The molecule has 0 saturated heterocycles. The summed E-state index contributed by atoms with van der Waals surface area (Å²) in [6.07, 6.45) is 2.05. The number of hydrogen-bond acceptors (Lipinski definition) is 5. The van der Waals surface area contributed by atoms with E-state index >= 15 is 0 Å². The summed E-state index contributed by atoms with van der Waals surface area (Å²) in [4.78, 5) is 24.7. The summed E-state index contributed by atoms with van der Waals surface area (Å²) in [7, 11) is 1.38. The number of carbonyl (C=O) groups excluding carboxylic acids is 2. The van der Waals surface area contributed by atoms with E-state index in [1.165, 1.54) is 43.5 Å². The van der Waals surface area contributed by atoms with Crippen LogP contribution in [0.2, 0.25) is 0 Å². The van der Waals surface area contributed by atoms with Gasteiger partial charge in [0.1, 0.15) is 17.5 Å². The van der Waals surface area contributed by atoms with E-state index in [1.807, 2.05) is 36.4 Å². The first-order valence-electron chi connectivity index (χ1n) is 10.1. The molecule has 0 aliphatic carbocycles. The van der Waals surface area contributed by atoms with Crippen molar-refractivity contribution in [2.45, 2.75) is 6.42 Å². The van der Waals surface area contributed by atoms with Gasteiger partial charge >= 0.3 is 5.97 Å². The zero-order valence-corrected chi connectivity index (χ0v) is 17.9. The van der Waals surface area contributed by atoms with Crippen molar-refractivity contribution in [2.24, 2.45) is 0 Å². The molecule has 7 heteroatoms. The lowest BCUT2D eigenvalue weighted by molar-refractivity contribution is -0.117. The molecule has 1 N–H and O–H groups in total. The Kier molecular flexibility index (Phi) is 7.92. The van der Waals surface area contributed by atoms with Gasteiger partial charge < -0.3 is 14.8 Å². The van der Waals surface area contributed by atoms with Crippen LogP contribution in [0.25, 0.3) is 6.08 Å². The van der Waals surface area contributed by atoms with Crippen molar-refractivity contribution in [3.05, 3.63) is 101 Å². The van der Waals surface area contributed by atoms with Crippen molar-refractivity contribution in [1.29, 1.82) is 5.26 Å². The predicted octanol–water partition coefficient (Wildman–Crippen LogP) is 4.32. The highest BCUT2D eigenvalue weighted by molar-refractivity contribution is 6.01. The predicted molar refractivity (Wildman–Crippen MR) is 121 cm³/mol. The second kappa shape index (κ2) is 11.3. The number of nitrogens with zero attached hydrogens (tertiary/aromatic N) is 1. The maximum Gasteiger partial charge on any atom is 0.346 e. The van der Waals surface area contributed by atoms with E-state index in [0.29, 0.717) is 18.5 Å². The molecule has 3 aromatic carbocycles. The minimum absolute atomic E-state index is 0.0775. The summed E-state index contributed by atoms with van der Waals surface area (Å²) in [5, 5.41) is 12.1. The minimum Gasteiger partial charge on any atom is -0.493 e. The van der Waals surface area contributed by atoms with Crippen molar-refractivity contribution in [3.8, 4) is 17.6 Å². The van der Waals surface area contributed by atoms with Crippen LogP contribution in [0.4, 0.5) is 4.39 Å². The van der Waals surface area contributed by atoms with E-state index < -0.39 is 17.7 Å². The number of ether oxygens (including phenoxy) is 2. The first-order chi connectivity index (χ1) is 16.0. The zero-order chi connectivity index (χ0) is 23.6. The van der Waals surface area contributed by atoms with Gasteiger partial charge in [-0.15, -0.1) is 0 Å². The number of amides is 1. The second-order valence-corrected chi connectivity index (χ2v) is 6.94. The molecule has 0 aliphatic heterocycles. The van der Waals surface area contributed by atoms with Crippen LogP contribution in [0.1, 0.15) is 21.5 Å². The molecule has 33 heavy (non-hydrogen) atoms. The summed E-state index contributed by atoms with van der Waals surface area (Å²) in [6, 6.07) is 21.6.